The lowest BCUT2D eigenvalue weighted by atomic mass is 10.4. The molecule has 0 aromatic carbocycles. The quantitative estimate of drug-likeness (QED) is 0.388. The third-order valence-corrected chi connectivity index (χ3v) is 0.462. The van der Waals surface area contributed by atoms with Gasteiger partial charge in [-0.15, -0.1) is 0 Å². The number of hydrazine groups is 1. The molecule has 0 fully saturated rings. The van der Waals surface area contributed by atoms with E-state index in [9.17, 15) is 0 Å². The van der Waals surface area contributed by atoms with Gasteiger partial charge >= 0.3 is 0 Å². The first kappa shape index (κ1) is 6.50. The van der Waals surface area contributed by atoms with Crippen molar-refractivity contribution in [2.24, 2.45) is 5.84 Å². The molecule has 0 unspecified atom stereocenters. The highest BCUT2D eigenvalue weighted by atomic mass is 15.4. The summed E-state index contributed by atoms with van der Waals surface area (Å²) in [4.78, 5) is 0. The molecule has 0 saturated heterocycles. The van der Waals surface area contributed by atoms with E-state index in [1.807, 2.05) is 20.0 Å². The summed E-state index contributed by atoms with van der Waals surface area (Å²) >= 11 is 0. The van der Waals surface area contributed by atoms with Crippen LogP contribution < -0.4 is 5.84 Å². The molecule has 7 heavy (non-hydrogen) atoms. The maximum Gasteiger partial charge on any atom is 0.0222 e. The van der Waals surface area contributed by atoms with Gasteiger partial charge in [-0.1, -0.05) is 5.57 Å². The Morgan fingerprint density at radius 1 is 1.57 bits per heavy atom. The molecule has 2 nitrogen and oxygen atoms in total. The number of nitrogens with zero attached hydrogens (tertiary/aromatic N) is 1. The highest BCUT2D eigenvalue weighted by Gasteiger charge is 1.75. The van der Waals surface area contributed by atoms with Gasteiger partial charge in [-0.25, -0.2) is 5.84 Å². The van der Waals surface area contributed by atoms with Crippen molar-refractivity contribution in [1.82, 2.24) is 5.01 Å². The second-order valence-electron chi connectivity index (χ2n) is 1.87. The second-order valence-corrected chi connectivity index (χ2v) is 1.87. The fraction of sp³-hybridized carbons (Fsp3) is 0.600. The summed E-state index contributed by atoms with van der Waals surface area (Å²) in [6.45, 7) is 4.01. The van der Waals surface area contributed by atoms with Gasteiger partial charge in [0.1, 0.15) is 0 Å². The van der Waals surface area contributed by atoms with Crippen molar-refractivity contribution < 1.29 is 0 Å². The van der Waals surface area contributed by atoms with Gasteiger partial charge in [0.15, 0.2) is 0 Å². The number of nitrogens with two attached hydrogens (primary N) is 1. The van der Waals surface area contributed by atoms with Crippen molar-refractivity contribution in [3.63, 3.8) is 0 Å². The Kier molecular flexibility index (Phi) is 2.45. The fourth-order valence-corrected chi connectivity index (χ4v) is 0.407. The Hall–Kier alpha value is -0.500. The summed E-state index contributed by atoms with van der Waals surface area (Å²) in [6.07, 6.45) is 1.86. The summed E-state index contributed by atoms with van der Waals surface area (Å²) in [5.74, 6) is 5.25. The van der Waals surface area contributed by atoms with Crippen molar-refractivity contribution in [3.8, 4) is 0 Å². The Morgan fingerprint density at radius 2 is 2.00 bits per heavy atom. The predicted octanol–water partition coefficient (Wildman–Crippen LogP) is 0.716. The minimum absolute atomic E-state index is 1.21. The topological polar surface area (TPSA) is 29.3 Å². The smallest absolute Gasteiger partial charge is 0.0222 e. The van der Waals surface area contributed by atoms with Crippen molar-refractivity contribution in [2.45, 2.75) is 13.8 Å². The van der Waals surface area contributed by atoms with Crippen LogP contribution in [0.1, 0.15) is 13.8 Å². The molecule has 2 heteroatoms. The van der Waals surface area contributed by atoms with E-state index in [1.165, 1.54) is 10.6 Å². The largest absolute Gasteiger partial charge is 0.321 e. The molecule has 0 aromatic rings. The molecule has 0 aromatic heterocycles. The molecule has 0 radical (unpaired) electrons. The molecule has 0 aliphatic rings. The first-order valence-corrected chi connectivity index (χ1v) is 2.25. The van der Waals surface area contributed by atoms with Crippen LogP contribution in [0.25, 0.3) is 0 Å². The van der Waals surface area contributed by atoms with Crippen LogP contribution >= 0.6 is 0 Å². The monoisotopic (exact) mass is 100 g/mol. The van der Waals surface area contributed by atoms with Gasteiger partial charge in [-0.05, 0) is 13.8 Å². The SMILES string of the molecule is CC(C)=CN(C)N. The zero-order valence-corrected chi connectivity index (χ0v) is 5.10. The van der Waals surface area contributed by atoms with Crippen LogP contribution in [-0.4, -0.2) is 12.1 Å². The van der Waals surface area contributed by atoms with Crippen LogP contribution in [0.15, 0.2) is 11.8 Å². The number of hydrogen-bond acceptors (Lipinski definition) is 2. The van der Waals surface area contributed by atoms with Crippen molar-refractivity contribution >= 4 is 0 Å². The van der Waals surface area contributed by atoms with Crippen LogP contribution in [0.3, 0.4) is 0 Å². The van der Waals surface area contributed by atoms with Gasteiger partial charge in [0.25, 0.3) is 0 Å². The third-order valence-electron chi connectivity index (χ3n) is 0.462. The number of hydrogen-bond donors (Lipinski definition) is 1. The molecular weight excluding hydrogens is 88.1 g/mol. The van der Waals surface area contributed by atoms with E-state index in [1.54, 1.807) is 7.05 Å². The highest BCUT2D eigenvalue weighted by molar-refractivity contribution is 4.89. The van der Waals surface area contributed by atoms with Gasteiger partial charge in [-0.2, -0.15) is 0 Å². The minimum atomic E-state index is 1.21. The molecule has 0 saturated carbocycles. The van der Waals surface area contributed by atoms with E-state index < -0.39 is 0 Å². The Morgan fingerprint density at radius 3 is 2.00 bits per heavy atom. The first-order valence-electron chi connectivity index (χ1n) is 2.25. The summed E-state index contributed by atoms with van der Waals surface area (Å²) < 4.78 is 0. The normalized spacial score (nSPS) is 8.00. The highest BCUT2D eigenvalue weighted by Crippen LogP contribution is 1.86. The summed E-state index contributed by atoms with van der Waals surface area (Å²) in [7, 11) is 1.80. The standard InChI is InChI=1S/C5H12N2/c1-5(2)4-7(3)6/h4H,6H2,1-3H3. The molecule has 0 rings (SSSR count). The van der Waals surface area contributed by atoms with E-state index in [2.05, 4.69) is 0 Å². The maximum absolute atomic E-state index is 5.25. The molecule has 0 heterocycles. The second kappa shape index (κ2) is 2.64. The Labute approximate surface area is 44.6 Å². The lowest BCUT2D eigenvalue weighted by Gasteiger charge is -2.03. The molecule has 0 atom stereocenters. The Bertz CT molecular complexity index is 70.1. The summed E-state index contributed by atoms with van der Waals surface area (Å²) in [6, 6.07) is 0. The molecule has 0 spiro atoms. The molecule has 2 N–H and O–H groups in total. The fourth-order valence-electron chi connectivity index (χ4n) is 0.407. The minimum Gasteiger partial charge on any atom is -0.321 e. The van der Waals surface area contributed by atoms with E-state index in [0.29, 0.717) is 0 Å². The lowest BCUT2D eigenvalue weighted by Crippen LogP contribution is -2.18. The molecule has 0 amide bonds. The van der Waals surface area contributed by atoms with Gasteiger partial charge < -0.3 is 5.01 Å². The predicted molar refractivity (Wildman–Crippen MR) is 31.4 cm³/mol. The molecular formula is C5H12N2. The lowest BCUT2D eigenvalue weighted by molar-refractivity contribution is 0.480. The van der Waals surface area contributed by atoms with Crippen LogP contribution in [-0.2, 0) is 0 Å². The average Bonchev–Trinajstić information content (AvgIpc) is 1.27. The third kappa shape index (κ3) is 5.50. The van der Waals surface area contributed by atoms with Gasteiger partial charge in [0.05, 0.1) is 0 Å². The number of rotatable bonds is 1. The maximum atomic E-state index is 5.25. The van der Waals surface area contributed by atoms with E-state index in [-0.39, 0.29) is 0 Å². The van der Waals surface area contributed by atoms with Crippen LogP contribution in [0.2, 0.25) is 0 Å². The Balaban J connectivity index is 3.45. The van der Waals surface area contributed by atoms with Gasteiger partial charge in [-0.3, -0.25) is 0 Å². The summed E-state index contributed by atoms with van der Waals surface area (Å²) in [5, 5.41) is 1.54. The first-order chi connectivity index (χ1) is 3.13. The zero-order chi connectivity index (χ0) is 5.86. The van der Waals surface area contributed by atoms with Crippen molar-refractivity contribution in [1.29, 1.82) is 0 Å². The van der Waals surface area contributed by atoms with Gasteiger partial charge in [0.2, 0.25) is 0 Å². The van der Waals surface area contributed by atoms with Gasteiger partial charge in [0, 0.05) is 13.2 Å². The van der Waals surface area contributed by atoms with Crippen molar-refractivity contribution in [3.05, 3.63) is 11.8 Å². The van der Waals surface area contributed by atoms with Crippen molar-refractivity contribution in [2.75, 3.05) is 7.05 Å². The molecule has 0 bridgehead atoms. The zero-order valence-electron chi connectivity index (χ0n) is 5.10. The van der Waals surface area contributed by atoms with E-state index in [4.69, 9.17) is 5.84 Å². The number of allylic oxidation sites excluding steroid dienone is 1. The molecule has 42 valence electrons. The van der Waals surface area contributed by atoms with Crippen LogP contribution in [0.4, 0.5) is 0 Å². The molecule has 0 aliphatic heterocycles. The van der Waals surface area contributed by atoms with Crippen LogP contribution in [0.5, 0.6) is 0 Å². The summed E-state index contributed by atoms with van der Waals surface area (Å²) in [5.41, 5.74) is 1.21. The molecule has 0 aliphatic carbocycles. The van der Waals surface area contributed by atoms with E-state index in [0.717, 1.165) is 0 Å². The van der Waals surface area contributed by atoms with E-state index >= 15 is 0 Å². The average molecular weight is 100 g/mol. The van der Waals surface area contributed by atoms with Crippen LogP contribution in [0, 0.1) is 0 Å².